The van der Waals surface area contributed by atoms with Gasteiger partial charge in [-0.3, -0.25) is 0 Å². The third kappa shape index (κ3) is 1.49. The highest BCUT2D eigenvalue weighted by molar-refractivity contribution is 5.21. The standard InChI is InChI=1S/C5H2F3N3/c6-5(7,8)11-3-4(1-9)2-10-11/h2-3H. The van der Waals surface area contributed by atoms with Crippen molar-refractivity contribution in [2.75, 3.05) is 0 Å². The van der Waals surface area contributed by atoms with Crippen LogP contribution in [0.3, 0.4) is 0 Å². The number of hydrogen-bond donors (Lipinski definition) is 0. The second-order valence-corrected chi connectivity index (χ2v) is 1.75. The minimum Gasteiger partial charge on any atom is -0.192 e. The summed E-state index contributed by atoms with van der Waals surface area (Å²) in [7, 11) is 0. The fourth-order valence-electron chi connectivity index (χ4n) is 0.519. The summed E-state index contributed by atoms with van der Waals surface area (Å²) >= 11 is 0. The van der Waals surface area contributed by atoms with Crippen molar-refractivity contribution in [1.82, 2.24) is 9.78 Å². The summed E-state index contributed by atoms with van der Waals surface area (Å²) in [4.78, 5) is 0. The Morgan fingerprint density at radius 3 is 2.45 bits per heavy atom. The molecule has 1 aromatic heterocycles. The van der Waals surface area contributed by atoms with Crippen LogP contribution in [0.5, 0.6) is 0 Å². The lowest BCUT2D eigenvalue weighted by Gasteiger charge is -2.03. The van der Waals surface area contributed by atoms with Gasteiger partial charge in [0.05, 0.1) is 18.0 Å². The van der Waals surface area contributed by atoms with E-state index in [1.54, 1.807) is 0 Å². The van der Waals surface area contributed by atoms with Gasteiger partial charge in [0.1, 0.15) is 6.07 Å². The summed E-state index contributed by atoms with van der Waals surface area (Å²) in [6, 6.07) is 1.54. The smallest absolute Gasteiger partial charge is 0.192 e. The Labute approximate surface area is 59.7 Å². The first-order valence-electron chi connectivity index (χ1n) is 2.56. The minimum absolute atomic E-state index is 0.109. The average molecular weight is 161 g/mol. The summed E-state index contributed by atoms with van der Waals surface area (Å²) in [6.07, 6.45) is -3.05. The van der Waals surface area contributed by atoms with Gasteiger partial charge in [-0.1, -0.05) is 0 Å². The van der Waals surface area contributed by atoms with Crippen LogP contribution in [0, 0.1) is 11.3 Å². The predicted octanol–water partition coefficient (Wildman–Crippen LogP) is 1.23. The first-order chi connectivity index (χ1) is 5.04. The van der Waals surface area contributed by atoms with Gasteiger partial charge in [-0.25, -0.2) is 0 Å². The molecule has 1 rings (SSSR count). The first-order valence-corrected chi connectivity index (χ1v) is 2.56. The summed E-state index contributed by atoms with van der Waals surface area (Å²) in [5.74, 6) is 0. The highest BCUT2D eigenvalue weighted by Crippen LogP contribution is 2.20. The molecule has 11 heavy (non-hydrogen) atoms. The quantitative estimate of drug-likeness (QED) is 0.574. The van der Waals surface area contributed by atoms with Crippen LogP contribution in [-0.2, 0) is 6.30 Å². The average Bonchev–Trinajstić information content (AvgIpc) is 2.32. The maximum absolute atomic E-state index is 11.7. The SMILES string of the molecule is N#Cc1cnn(C(F)(F)F)c1. The van der Waals surface area contributed by atoms with Crippen molar-refractivity contribution in [1.29, 1.82) is 5.26 Å². The van der Waals surface area contributed by atoms with Crippen molar-refractivity contribution in [3.05, 3.63) is 18.0 Å². The zero-order valence-electron chi connectivity index (χ0n) is 5.13. The largest absolute Gasteiger partial charge is 0.504 e. The first kappa shape index (κ1) is 7.60. The number of halogens is 3. The summed E-state index contributed by atoms with van der Waals surface area (Å²) in [5.41, 5.74) is -0.109. The molecule has 0 aromatic carbocycles. The lowest BCUT2D eigenvalue weighted by atomic mass is 10.4. The topological polar surface area (TPSA) is 41.6 Å². The van der Waals surface area contributed by atoms with E-state index in [-0.39, 0.29) is 10.2 Å². The Kier molecular flexibility index (Phi) is 1.57. The fourth-order valence-corrected chi connectivity index (χ4v) is 0.519. The van der Waals surface area contributed by atoms with Crippen LogP contribution >= 0.6 is 0 Å². The molecule has 0 saturated carbocycles. The lowest BCUT2D eigenvalue weighted by Crippen LogP contribution is -2.16. The summed E-state index contributed by atoms with van der Waals surface area (Å²) in [6.45, 7) is 0. The van der Waals surface area contributed by atoms with E-state index < -0.39 is 6.30 Å². The molecule has 1 aromatic rings. The van der Waals surface area contributed by atoms with E-state index in [0.29, 0.717) is 6.20 Å². The van der Waals surface area contributed by atoms with E-state index in [4.69, 9.17) is 5.26 Å². The normalized spacial score (nSPS) is 11.1. The molecule has 0 unspecified atom stereocenters. The molecule has 0 aliphatic rings. The Morgan fingerprint density at radius 1 is 1.55 bits per heavy atom. The maximum Gasteiger partial charge on any atom is 0.504 e. The van der Waals surface area contributed by atoms with Gasteiger partial charge in [-0.15, -0.1) is 13.2 Å². The molecule has 0 N–H and O–H groups in total. The van der Waals surface area contributed by atoms with E-state index in [2.05, 4.69) is 5.10 Å². The number of alkyl halides is 3. The van der Waals surface area contributed by atoms with Crippen molar-refractivity contribution in [2.24, 2.45) is 0 Å². The molecule has 0 amide bonds. The van der Waals surface area contributed by atoms with Crippen LogP contribution < -0.4 is 0 Å². The number of nitrogens with zero attached hydrogens (tertiary/aromatic N) is 3. The molecule has 0 aliphatic carbocycles. The van der Waals surface area contributed by atoms with Crippen molar-refractivity contribution < 1.29 is 13.2 Å². The number of hydrogen-bond acceptors (Lipinski definition) is 2. The van der Waals surface area contributed by atoms with E-state index in [1.165, 1.54) is 6.07 Å². The molecular formula is C5H2F3N3. The summed E-state index contributed by atoms with van der Waals surface area (Å²) < 4.78 is 35.0. The van der Waals surface area contributed by atoms with Crippen LogP contribution in [0.2, 0.25) is 0 Å². The van der Waals surface area contributed by atoms with Gasteiger partial charge in [0, 0.05) is 0 Å². The highest BCUT2D eigenvalue weighted by atomic mass is 19.4. The van der Waals surface area contributed by atoms with E-state index in [1.807, 2.05) is 0 Å². The third-order valence-electron chi connectivity index (χ3n) is 0.971. The molecule has 0 radical (unpaired) electrons. The zero-order chi connectivity index (χ0) is 8.48. The zero-order valence-corrected chi connectivity index (χ0v) is 5.13. The second kappa shape index (κ2) is 2.27. The van der Waals surface area contributed by atoms with E-state index in [9.17, 15) is 13.2 Å². The van der Waals surface area contributed by atoms with Crippen molar-refractivity contribution in [3.8, 4) is 6.07 Å². The van der Waals surface area contributed by atoms with Gasteiger partial charge in [-0.05, 0) is 0 Å². The van der Waals surface area contributed by atoms with Crippen LogP contribution in [-0.4, -0.2) is 9.78 Å². The van der Waals surface area contributed by atoms with Crippen LogP contribution in [0.25, 0.3) is 0 Å². The van der Waals surface area contributed by atoms with Gasteiger partial charge in [0.2, 0.25) is 0 Å². The summed E-state index contributed by atoms with van der Waals surface area (Å²) in [5, 5.41) is 11.1. The second-order valence-electron chi connectivity index (χ2n) is 1.75. The van der Waals surface area contributed by atoms with Crippen molar-refractivity contribution in [3.63, 3.8) is 0 Å². The monoisotopic (exact) mass is 161 g/mol. The molecule has 0 aliphatic heterocycles. The molecule has 6 heteroatoms. The maximum atomic E-state index is 11.7. The lowest BCUT2D eigenvalue weighted by molar-refractivity contribution is -0.212. The number of nitriles is 1. The van der Waals surface area contributed by atoms with Gasteiger partial charge in [0.25, 0.3) is 0 Å². The van der Waals surface area contributed by atoms with Gasteiger partial charge in [0.15, 0.2) is 0 Å². The molecule has 0 spiro atoms. The number of rotatable bonds is 0. The van der Waals surface area contributed by atoms with Crippen molar-refractivity contribution in [2.45, 2.75) is 6.30 Å². The van der Waals surface area contributed by atoms with E-state index in [0.717, 1.165) is 6.20 Å². The number of aromatic nitrogens is 2. The molecule has 1 heterocycles. The molecule has 0 saturated heterocycles. The Morgan fingerprint density at radius 2 is 2.18 bits per heavy atom. The Bertz CT molecular complexity index is 293. The molecular weight excluding hydrogens is 159 g/mol. The third-order valence-corrected chi connectivity index (χ3v) is 0.971. The molecule has 3 nitrogen and oxygen atoms in total. The molecule has 0 fully saturated rings. The van der Waals surface area contributed by atoms with Crippen molar-refractivity contribution >= 4 is 0 Å². The Hall–Kier alpha value is -1.51. The molecule has 58 valence electrons. The van der Waals surface area contributed by atoms with Crippen LogP contribution in [0.15, 0.2) is 12.4 Å². The molecule has 0 atom stereocenters. The fraction of sp³-hybridized carbons (Fsp3) is 0.200. The predicted molar refractivity (Wildman–Crippen MR) is 28.2 cm³/mol. The van der Waals surface area contributed by atoms with Crippen LogP contribution in [0.4, 0.5) is 13.2 Å². The Balaban J connectivity index is 3.01. The van der Waals surface area contributed by atoms with Gasteiger partial charge < -0.3 is 0 Å². The van der Waals surface area contributed by atoms with Gasteiger partial charge >= 0.3 is 6.30 Å². The van der Waals surface area contributed by atoms with E-state index >= 15 is 0 Å². The minimum atomic E-state index is -4.53. The highest BCUT2D eigenvalue weighted by Gasteiger charge is 2.31. The molecule has 0 bridgehead atoms. The van der Waals surface area contributed by atoms with Crippen LogP contribution in [0.1, 0.15) is 5.56 Å². The van der Waals surface area contributed by atoms with Gasteiger partial charge in [-0.2, -0.15) is 15.0 Å².